The number of anilines is 1. The van der Waals surface area contributed by atoms with Gasteiger partial charge in [-0.2, -0.15) is 5.10 Å². The second-order valence-corrected chi connectivity index (χ2v) is 5.69. The summed E-state index contributed by atoms with van der Waals surface area (Å²) in [6.45, 7) is 3.68. The number of fused-ring (bicyclic) bond motifs is 1. The molecule has 0 spiro atoms. The van der Waals surface area contributed by atoms with Crippen molar-refractivity contribution < 1.29 is 4.79 Å². The number of amides is 1. The number of aromatic nitrogens is 4. The van der Waals surface area contributed by atoms with Gasteiger partial charge in [0, 0.05) is 24.8 Å². The first kappa shape index (κ1) is 14.6. The molecule has 114 valence electrons. The summed E-state index contributed by atoms with van der Waals surface area (Å²) in [4.78, 5) is 16.9. The summed E-state index contributed by atoms with van der Waals surface area (Å²) in [6.07, 6.45) is 0. The van der Waals surface area contributed by atoms with E-state index in [0.717, 1.165) is 16.7 Å². The van der Waals surface area contributed by atoms with Crippen molar-refractivity contribution in [3.8, 4) is 0 Å². The van der Waals surface area contributed by atoms with Crippen LogP contribution in [0.1, 0.15) is 21.7 Å². The molecule has 0 saturated carbocycles. The topological polar surface area (TPSA) is 64.7 Å². The Morgan fingerprint density at radius 1 is 1.27 bits per heavy atom. The minimum atomic E-state index is -0.215. The highest BCUT2D eigenvalue weighted by molar-refractivity contribution is 6.31. The Morgan fingerprint density at radius 2 is 2.00 bits per heavy atom. The van der Waals surface area contributed by atoms with Crippen LogP contribution in [0.15, 0.2) is 18.2 Å². The lowest BCUT2D eigenvalue weighted by molar-refractivity contribution is 0.102. The zero-order chi connectivity index (χ0) is 16.0. The molecule has 0 aliphatic heterocycles. The second kappa shape index (κ2) is 5.14. The Balaban J connectivity index is 1.99. The van der Waals surface area contributed by atoms with Crippen LogP contribution in [0.25, 0.3) is 11.0 Å². The Hall–Kier alpha value is -2.34. The highest BCUT2D eigenvalue weighted by Crippen LogP contribution is 2.22. The largest absolute Gasteiger partial charge is 0.313 e. The number of carbonyl (C=O) groups excluding carboxylic acids is 1. The zero-order valence-corrected chi connectivity index (χ0v) is 13.6. The van der Waals surface area contributed by atoms with Crippen molar-refractivity contribution in [3.63, 3.8) is 0 Å². The fourth-order valence-corrected chi connectivity index (χ4v) is 2.72. The van der Waals surface area contributed by atoms with Gasteiger partial charge in [0.2, 0.25) is 5.95 Å². The third-order valence-corrected chi connectivity index (χ3v) is 4.04. The molecule has 2 heterocycles. The van der Waals surface area contributed by atoms with Crippen LogP contribution in [0.2, 0.25) is 5.02 Å². The van der Waals surface area contributed by atoms with E-state index < -0.39 is 0 Å². The summed E-state index contributed by atoms with van der Waals surface area (Å²) < 4.78 is 3.52. The van der Waals surface area contributed by atoms with Crippen molar-refractivity contribution in [2.75, 3.05) is 5.32 Å². The van der Waals surface area contributed by atoms with Gasteiger partial charge >= 0.3 is 0 Å². The second-order valence-electron chi connectivity index (χ2n) is 5.25. The van der Waals surface area contributed by atoms with Crippen LogP contribution in [0.4, 0.5) is 5.95 Å². The molecule has 0 radical (unpaired) electrons. The lowest BCUT2D eigenvalue weighted by Gasteiger charge is -2.05. The van der Waals surface area contributed by atoms with Crippen molar-refractivity contribution in [1.29, 1.82) is 0 Å². The van der Waals surface area contributed by atoms with Crippen LogP contribution in [0.5, 0.6) is 0 Å². The summed E-state index contributed by atoms with van der Waals surface area (Å²) in [5.41, 5.74) is 3.73. The van der Waals surface area contributed by atoms with E-state index in [1.807, 2.05) is 38.6 Å². The summed E-state index contributed by atoms with van der Waals surface area (Å²) in [5.74, 6) is 0.262. The van der Waals surface area contributed by atoms with E-state index in [1.54, 1.807) is 16.8 Å². The first-order valence-corrected chi connectivity index (χ1v) is 7.20. The molecule has 0 aliphatic rings. The molecule has 0 unspecified atom stereocenters. The van der Waals surface area contributed by atoms with Crippen LogP contribution < -0.4 is 5.32 Å². The van der Waals surface area contributed by atoms with Crippen LogP contribution in [-0.4, -0.2) is 25.2 Å². The number of benzene rings is 1. The van der Waals surface area contributed by atoms with E-state index in [1.165, 1.54) is 0 Å². The summed E-state index contributed by atoms with van der Waals surface area (Å²) in [5, 5.41) is 7.72. The zero-order valence-electron chi connectivity index (χ0n) is 12.8. The van der Waals surface area contributed by atoms with Crippen molar-refractivity contribution >= 4 is 34.5 Å². The molecule has 0 atom stereocenters. The van der Waals surface area contributed by atoms with Crippen LogP contribution in [0, 0.1) is 13.8 Å². The van der Waals surface area contributed by atoms with Gasteiger partial charge in [0.25, 0.3) is 5.91 Å². The van der Waals surface area contributed by atoms with Crippen molar-refractivity contribution in [2.45, 2.75) is 13.8 Å². The smallest absolute Gasteiger partial charge is 0.261 e. The van der Waals surface area contributed by atoms with Gasteiger partial charge in [-0.15, -0.1) is 0 Å². The van der Waals surface area contributed by atoms with E-state index in [9.17, 15) is 4.79 Å². The Labute approximate surface area is 132 Å². The highest BCUT2D eigenvalue weighted by atomic mass is 35.5. The monoisotopic (exact) mass is 317 g/mol. The van der Waals surface area contributed by atoms with E-state index in [2.05, 4.69) is 15.4 Å². The highest BCUT2D eigenvalue weighted by Gasteiger charge is 2.19. The van der Waals surface area contributed by atoms with Gasteiger partial charge in [0.05, 0.1) is 22.3 Å². The van der Waals surface area contributed by atoms with E-state index in [0.29, 0.717) is 22.2 Å². The van der Waals surface area contributed by atoms with Crippen LogP contribution >= 0.6 is 11.6 Å². The van der Waals surface area contributed by atoms with Gasteiger partial charge in [0.1, 0.15) is 0 Å². The van der Waals surface area contributed by atoms with Gasteiger partial charge in [-0.3, -0.25) is 14.8 Å². The van der Waals surface area contributed by atoms with E-state index in [-0.39, 0.29) is 5.91 Å². The standard InChI is InChI=1S/C15H16ClN5O/c1-8-13(9(2)21(4)19-8)14(22)18-15-17-11-7-10(16)5-6-12(11)20(15)3/h5-7H,1-4H3,(H,17,18,22). The van der Waals surface area contributed by atoms with Gasteiger partial charge in [-0.1, -0.05) is 11.6 Å². The Bertz CT molecular complexity index is 893. The summed E-state index contributed by atoms with van der Waals surface area (Å²) >= 11 is 5.98. The summed E-state index contributed by atoms with van der Waals surface area (Å²) in [7, 11) is 3.66. The van der Waals surface area contributed by atoms with Crippen LogP contribution in [-0.2, 0) is 14.1 Å². The minimum absolute atomic E-state index is 0.215. The fraction of sp³-hybridized carbons (Fsp3) is 0.267. The maximum absolute atomic E-state index is 12.5. The van der Waals surface area contributed by atoms with Gasteiger partial charge in [0.15, 0.2) is 0 Å². The van der Waals surface area contributed by atoms with E-state index in [4.69, 9.17) is 11.6 Å². The van der Waals surface area contributed by atoms with Crippen molar-refractivity contribution in [2.24, 2.45) is 14.1 Å². The first-order valence-electron chi connectivity index (χ1n) is 6.82. The number of nitrogens with one attached hydrogen (secondary N) is 1. The summed E-state index contributed by atoms with van der Waals surface area (Å²) in [6, 6.07) is 5.45. The van der Waals surface area contributed by atoms with Crippen molar-refractivity contribution in [3.05, 3.63) is 40.2 Å². The number of hydrogen-bond acceptors (Lipinski definition) is 3. The third-order valence-electron chi connectivity index (χ3n) is 3.80. The molecule has 6 nitrogen and oxygen atoms in total. The lowest BCUT2D eigenvalue weighted by Crippen LogP contribution is -2.16. The predicted molar refractivity (Wildman–Crippen MR) is 86.4 cm³/mol. The maximum atomic E-state index is 12.5. The molecule has 0 bridgehead atoms. The van der Waals surface area contributed by atoms with Crippen molar-refractivity contribution in [1.82, 2.24) is 19.3 Å². The molecule has 2 aromatic heterocycles. The fourth-order valence-electron chi connectivity index (χ4n) is 2.55. The Morgan fingerprint density at radius 3 is 2.64 bits per heavy atom. The predicted octanol–water partition coefficient (Wildman–Crippen LogP) is 2.83. The number of nitrogens with zero attached hydrogens (tertiary/aromatic N) is 4. The average Bonchev–Trinajstić information content (AvgIpc) is 2.87. The first-order chi connectivity index (χ1) is 10.4. The number of halogens is 1. The third kappa shape index (κ3) is 2.25. The number of aryl methyl sites for hydroxylation is 3. The molecule has 3 aromatic rings. The Kier molecular flexibility index (Phi) is 3.41. The molecule has 0 saturated heterocycles. The average molecular weight is 318 g/mol. The molecule has 22 heavy (non-hydrogen) atoms. The molecule has 0 fully saturated rings. The molecule has 7 heteroatoms. The van der Waals surface area contributed by atoms with Gasteiger partial charge in [-0.25, -0.2) is 4.98 Å². The maximum Gasteiger partial charge on any atom is 0.261 e. The molecular weight excluding hydrogens is 302 g/mol. The van der Waals surface area contributed by atoms with E-state index >= 15 is 0 Å². The molecule has 3 rings (SSSR count). The number of hydrogen-bond donors (Lipinski definition) is 1. The lowest BCUT2D eigenvalue weighted by atomic mass is 10.2. The minimum Gasteiger partial charge on any atom is -0.313 e. The molecule has 1 amide bonds. The SMILES string of the molecule is Cc1nn(C)c(C)c1C(=O)Nc1nc2cc(Cl)ccc2n1C. The molecular formula is C15H16ClN5O. The quantitative estimate of drug-likeness (QED) is 0.790. The molecule has 1 N–H and O–H groups in total. The number of carbonyl (C=O) groups is 1. The van der Waals surface area contributed by atoms with Gasteiger partial charge < -0.3 is 4.57 Å². The number of rotatable bonds is 2. The molecule has 1 aromatic carbocycles. The van der Waals surface area contributed by atoms with Gasteiger partial charge in [-0.05, 0) is 32.0 Å². The van der Waals surface area contributed by atoms with Crippen LogP contribution in [0.3, 0.4) is 0 Å². The number of imidazole rings is 1. The molecule has 0 aliphatic carbocycles. The normalized spacial score (nSPS) is 11.1.